The Morgan fingerprint density at radius 2 is 2.05 bits per heavy atom. The van der Waals surface area contributed by atoms with E-state index in [9.17, 15) is 8.42 Å². The molecule has 0 saturated heterocycles. The zero-order valence-corrected chi connectivity index (χ0v) is 13.1. The van der Waals surface area contributed by atoms with Crippen LogP contribution in [0.4, 0.5) is 0 Å². The first-order valence-corrected chi connectivity index (χ1v) is 8.24. The molecule has 0 saturated carbocycles. The van der Waals surface area contributed by atoms with Gasteiger partial charge in [-0.2, -0.15) is 4.31 Å². The fourth-order valence-electron chi connectivity index (χ4n) is 2.17. The maximum Gasteiger partial charge on any atom is 0.244 e. The van der Waals surface area contributed by atoms with Crippen LogP contribution < -0.4 is 0 Å². The van der Waals surface area contributed by atoms with E-state index in [1.165, 1.54) is 16.6 Å². The number of H-pyrrole nitrogens is 1. The smallest absolute Gasteiger partial charge is 0.244 e. The van der Waals surface area contributed by atoms with Crippen molar-refractivity contribution in [2.24, 2.45) is 0 Å². The molecule has 0 atom stereocenters. The number of aliphatic hydroxyl groups is 1. The fourth-order valence-corrected chi connectivity index (χ4v) is 3.95. The molecule has 0 unspecified atom stereocenters. The number of methoxy groups -OCH3 is 1. The van der Waals surface area contributed by atoms with Gasteiger partial charge < -0.3 is 14.8 Å². The van der Waals surface area contributed by atoms with E-state index in [0.717, 1.165) is 12.8 Å². The Kier molecular flexibility index (Phi) is 6.67. The number of aliphatic hydroxyl groups excluding tert-OH is 1. The molecule has 0 radical (unpaired) electrons. The molecule has 1 aromatic rings. The molecule has 0 aliphatic heterocycles. The van der Waals surface area contributed by atoms with E-state index in [1.807, 2.05) is 13.8 Å². The maximum atomic E-state index is 12.7. The number of rotatable bonds is 9. The lowest BCUT2D eigenvalue weighted by molar-refractivity contribution is 0.163. The van der Waals surface area contributed by atoms with Gasteiger partial charge in [-0.05, 0) is 18.9 Å². The van der Waals surface area contributed by atoms with Gasteiger partial charge in [-0.1, -0.05) is 13.8 Å². The number of sulfonamides is 1. The van der Waals surface area contributed by atoms with Crippen molar-refractivity contribution in [2.45, 2.75) is 44.2 Å². The number of nitrogens with one attached hydrogen (secondary N) is 1. The average Bonchev–Trinajstić information content (AvgIpc) is 2.93. The summed E-state index contributed by atoms with van der Waals surface area (Å²) in [6.45, 7) is 4.41. The number of hydrogen-bond donors (Lipinski definition) is 2. The van der Waals surface area contributed by atoms with Crippen LogP contribution in [-0.4, -0.2) is 49.1 Å². The third kappa shape index (κ3) is 3.82. The summed E-state index contributed by atoms with van der Waals surface area (Å²) >= 11 is 0. The van der Waals surface area contributed by atoms with Gasteiger partial charge in [-0.3, -0.25) is 0 Å². The normalized spacial score (nSPS) is 12.5. The molecule has 1 rings (SSSR count). The van der Waals surface area contributed by atoms with Crippen molar-refractivity contribution >= 4 is 10.0 Å². The topological polar surface area (TPSA) is 82.6 Å². The molecule has 1 heterocycles. The van der Waals surface area contributed by atoms with Crippen LogP contribution in [0.2, 0.25) is 0 Å². The molecule has 0 aliphatic carbocycles. The molecule has 116 valence electrons. The fraction of sp³-hybridized carbons (Fsp3) is 0.692. The molecule has 7 heteroatoms. The predicted molar refractivity (Wildman–Crippen MR) is 76.9 cm³/mol. The van der Waals surface area contributed by atoms with Gasteiger partial charge >= 0.3 is 0 Å². The second-order valence-corrected chi connectivity index (χ2v) is 6.49. The molecule has 6 nitrogen and oxygen atoms in total. The molecule has 1 aromatic heterocycles. The van der Waals surface area contributed by atoms with Crippen LogP contribution in [0.15, 0.2) is 17.2 Å². The van der Waals surface area contributed by atoms with E-state index in [1.54, 1.807) is 7.11 Å². The highest BCUT2D eigenvalue weighted by atomic mass is 32.2. The van der Waals surface area contributed by atoms with Crippen molar-refractivity contribution in [1.29, 1.82) is 0 Å². The molecule has 20 heavy (non-hydrogen) atoms. The lowest BCUT2D eigenvalue weighted by Gasteiger charge is -2.28. The minimum Gasteiger partial charge on any atom is -0.390 e. The van der Waals surface area contributed by atoms with Crippen LogP contribution >= 0.6 is 0 Å². The summed E-state index contributed by atoms with van der Waals surface area (Å²) in [7, 11) is -2.02. The Hall–Kier alpha value is -0.890. The Morgan fingerprint density at radius 1 is 1.40 bits per heavy atom. The third-order valence-corrected chi connectivity index (χ3v) is 5.29. The lowest BCUT2D eigenvalue weighted by Crippen LogP contribution is -2.41. The third-order valence-electron chi connectivity index (χ3n) is 3.36. The zero-order valence-electron chi connectivity index (χ0n) is 12.3. The Bertz CT molecular complexity index is 494. The second-order valence-electron chi connectivity index (χ2n) is 4.60. The predicted octanol–water partition coefficient (Wildman–Crippen LogP) is 1.33. The molecule has 2 N–H and O–H groups in total. The van der Waals surface area contributed by atoms with Crippen molar-refractivity contribution in [3.8, 4) is 0 Å². The highest BCUT2D eigenvalue weighted by molar-refractivity contribution is 7.89. The van der Waals surface area contributed by atoms with Crippen LogP contribution in [0.3, 0.4) is 0 Å². The minimum atomic E-state index is -3.58. The van der Waals surface area contributed by atoms with Gasteiger partial charge in [0.1, 0.15) is 0 Å². The molecular weight excluding hydrogens is 280 g/mol. The summed E-state index contributed by atoms with van der Waals surface area (Å²) in [4.78, 5) is 2.95. The summed E-state index contributed by atoms with van der Waals surface area (Å²) in [5.41, 5.74) is 0.486. The molecule has 0 fully saturated rings. The SMILES string of the molecule is CCC(CC)N(CCOC)S(=O)(=O)c1c[nH]c(CO)c1. The highest BCUT2D eigenvalue weighted by Gasteiger charge is 2.30. The van der Waals surface area contributed by atoms with Gasteiger partial charge in [0.15, 0.2) is 0 Å². The largest absolute Gasteiger partial charge is 0.390 e. The molecule has 0 aliphatic rings. The van der Waals surface area contributed by atoms with Crippen LogP contribution in [0.1, 0.15) is 32.4 Å². The molecule has 0 spiro atoms. The number of nitrogens with zero attached hydrogens (tertiary/aromatic N) is 1. The van der Waals surface area contributed by atoms with Crippen molar-refractivity contribution in [1.82, 2.24) is 9.29 Å². The van der Waals surface area contributed by atoms with Crippen LogP contribution in [0.25, 0.3) is 0 Å². The summed E-state index contributed by atoms with van der Waals surface area (Å²) < 4.78 is 31.9. The molecular formula is C13H24N2O4S. The number of ether oxygens (including phenoxy) is 1. The first kappa shape index (κ1) is 17.2. The van der Waals surface area contributed by atoms with Crippen LogP contribution in [0.5, 0.6) is 0 Å². The van der Waals surface area contributed by atoms with Crippen molar-refractivity contribution in [3.05, 3.63) is 18.0 Å². The van der Waals surface area contributed by atoms with Crippen LogP contribution in [-0.2, 0) is 21.4 Å². The van der Waals surface area contributed by atoms with Crippen molar-refractivity contribution in [3.63, 3.8) is 0 Å². The van der Waals surface area contributed by atoms with E-state index >= 15 is 0 Å². The minimum absolute atomic E-state index is 0.0531. The monoisotopic (exact) mass is 304 g/mol. The van der Waals surface area contributed by atoms with Crippen molar-refractivity contribution < 1.29 is 18.3 Å². The maximum absolute atomic E-state index is 12.7. The van der Waals surface area contributed by atoms with E-state index < -0.39 is 10.0 Å². The number of aromatic amines is 1. The Morgan fingerprint density at radius 3 is 2.50 bits per heavy atom. The number of aromatic nitrogens is 1. The number of hydrogen-bond acceptors (Lipinski definition) is 4. The zero-order chi connectivity index (χ0) is 15.2. The molecule has 0 aromatic carbocycles. The van der Waals surface area contributed by atoms with Gasteiger partial charge in [0.2, 0.25) is 10.0 Å². The lowest BCUT2D eigenvalue weighted by atomic mass is 10.2. The first-order chi connectivity index (χ1) is 9.51. The molecule has 0 bridgehead atoms. The van der Waals surface area contributed by atoms with Gasteiger partial charge in [0.05, 0.1) is 18.1 Å². The summed E-state index contributed by atoms with van der Waals surface area (Å²) in [6.07, 6.45) is 2.91. The summed E-state index contributed by atoms with van der Waals surface area (Å²) in [5, 5.41) is 9.04. The Labute approximate surface area is 120 Å². The molecule has 0 amide bonds. The average molecular weight is 304 g/mol. The van der Waals surface area contributed by atoms with Gasteiger partial charge in [-0.25, -0.2) is 8.42 Å². The van der Waals surface area contributed by atoms with Gasteiger partial charge in [0.25, 0.3) is 0 Å². The second kappa shape index (κ2) is 7.78. The summed E-state index contributed by atoms with van der Waals surface area (Å²) in [6, 6.07) is 1.42. The Balaban J connectivity index is 3.08. The van der Waals surface area contributed by atoms with E-state index in [4.69, 9.17) is 9.84 Å². The van der Waals surface area contributed by atoms with Crippen LogP contribution in [0, 0.1) is 0 Å². The van der Waals surface area contributed by atoms with E-state index in [-0.39, 0.29) is 17.5 Å². The van der Waals surface area contributed by atoms with E-state index in [2.05, 4.69) is 4.98 Å². The van der Waals surface area contributed by atoms with Crippen molar-refractivity contribution in [2.75, 3.05) is 20.3 Å². The van der Waals surface area contributed by atoms with Gasteiger partial charge in [0, 0.05) is 31.6 Å². The first-order valence-electron chi connectivity index (χ1n) is 6.80. The standard InChI is InChI=1S/C13H24N2O4S/c1-4-12(5-2)15(6-7-19-3)20(17,18)13-8-11(10-16)14-9-13/h8-9,12,14,16H,4-7,10H2,1-3H3. The van der Waals surface area contributed by atoms with Gasteiger partial charge in [-0.15, -0.1) is 0 Å². The quantitative estimate of drug-likeness (QED) is 0.721. The summed E-state index contributed by atoms with van der Waals surface area (Å²) in [5.74, 6) is 0. The van der Waals surface area contributed by atoms with E-state index in [0.29, 0.717) is 18.8 Å². The highest BCUT2D eigenvalue weighted by Crippen LogP contribution is 2.22.